The minimum absolute atomic E-state index is 0.0967. The van der Waals surface area contributed by atoms with Gasteiger partial charge < -0.3 is 24.1 Å². The Morgan fingerprint density at radius 2 is 1.86 bits per heavy atom. The molecule has 150 valence electrons. The fourth-order valence-electron chi connectivity index (χ4n) is 3.09. The molecule has 29 heavy (non-hydrogen) atoms. The molecule has 0 radical (unpaired) electrons. The summed E-state index contributed by atoms with van der Waals surface area (Å²) in [7, 11) is 1.64. The minimum atomic E-state index is -0.0967. The van der Waals surface area contributed by atoms with E-state index in [2.05, 4.69) is 10.5 Å². The number of carbonyl (C=O) groups excluding carboxylic acids is 1. The van der Waals surface area contributed by atoms with Crippen molar-refractivity contribution in [2.45, 2.75) is 12.8 Å². The predicted molar refractivity (Wildman–Crippen MR) is 106 cm³/mol. The van der Waals surface area contributed by atoms with Crippen molar-refractivity contribution in [2.24, 2.45) is 0 Å². The fourth-order valence-corrected chi connectivity index (χ4v) is 3.09. The molecular formula is C22H22N2O5. The monoisotopic (exact) mass is 394 g/mol. The van der Waals surface area contributed by atoms with Crippen LogP contribution in [0.3, 0.4) is 0 Å². The smallest absolute Gasteiger partial charge is 0.226 e. The molecule has 4 rings (SSSR count). The second-order valence-corrected chi connectivity index (χ2v) is 6.67. The highest BCUT2D eigenvalue weighted by Gasteiger charge is 2.15. The summed E-state index contributed by atoms with van der Waals surface area (Å²) in [5.41, 5.74) is 2.54. The number of hydrogen-bond donors (Lipinski definition) is 1. The molecule has 0 unspecified atom stereocenters. The molecule has 3 aromatic rings. The van der Waals surface area contributed by atoms with E-state index in [4.69, 9.17) is 18.7 Å². The zero-order chi connectivity index (χ0) is 20.1. The lowest BCUT2D eigenvalue weighted by Gasteiger charge is -2.18. The highest BCUT2D eigenvalue weighted by molar-refractivity contribution is 5.78. The molecule has 0 atom stereocenters. The van der Waals surface area contributed by atoms with Crippen molar-refractivity contribution < 1.29 is 23.5 Å². The van der Waals surface area contributed by atoms with Crippen LogP contribution in [-0.4, -0.2) is 37.9 Å². The summed E-state index contributed by atoms with van der Waals surface area (Å²) in [6.45, 7) is 1.62. The molecule has 1 amide bonds. The van der Waals surface area contributed by atoms with Crippen LogP contribution < -0.4 is 19.5 Å². The van der Waals surface area contributed by atoms with Crippen molar-refractivity contribution in [1.29, 1.82) is 0 Å². The van der Waals surface area contributed by atoms with E-state index in [1.54, 1.807) is 13.2 Å². The Morgan fingerprint density at radius 3 is 2.66 bits per heavy atom. The van der Waals surface area contributed by atoms with Gasteiger partial charge in [-0.25, -0.2) is 0 Å². The molecule has 1 N–H and O–H groups in total. The number of methoxy groups -OCH3 is 1. The number of benzene rings is 2. The van der Waals surface area contributed by atoms with Gasteiger partial charge in [-0.3, -0.25) is 4.79 Å². The summed E-state index contributed by atoms with van der Waals surface area (Å²) in [5, 5.41) is 6.92. The Bertz CT molecular complexity index is 981. The van der Waals surface area contributed by atoms with Crippen molar-refractivity contribution in [3.05, 3.63) is 59.8 Å². The topological polar surface area (TPSA) is 82.8 Å². The Hall–Kier alpha value is -3.48. The summed E-state index contributed by atoms with van der Waals surface area (Å²) < 4.78 is 21.7. The maximum atomic E-state index is 12.2. The lowest BCUT2D eigenvalue weighted by molar-refractivity contribution is -0.120. The highest BCUT2D eigenvalue weighted by Crippen LogP contribution is 2.34. The van der Waals surface area contributed by atoms with E-state index in [0.29, 0.717) is 37.0 Å². The number of nitrogens with one attached hydrogen (secondary N) is 1. The Morgan fingerprint density at radius 1 is 1.07 bits per heavy atom. The summed E-state index contributed by atoms with van der Waals surface area (Å²) in [6.07, 6.45) is 0.910. The van der Waals surface area contributed by atoms with Gasteiger partial charge >= 0.3 is 0 Å². The lowest BCUT2D eigenvalue weighted by Crippen LogP contribution is -2.27. The summed E-state index contributed by atoms with van der Waals surface area (Å²) in [6, 6.07) is 15.1. The van der Waals surface area contributed by atoms with Crippen LogP contribution in [0.2, 0.25) is 0 Å². The number of rotatable bonds is 7. The number of nitrogens with zero attached hydrogens (tertiary/aromatic N) is 1. The van der Waals surface area contributed by atoms with Crippen molar-refractivity contribution in [3.63, 3.8) is 0 Å². The summed E-state index contributed by atoms with van der Waals surface area (Å²) in [4.78, 5) is 12.2. The second-order valence-electron chi connectivity index (χ2n) is 6.67. The van der Waals surface area contributed by atoms with E-state index in [0.717, 1.165) is 29.0 Å². The molecule has 0 aliphatic carbocycles. The quantitative estimate of drug-likeness (QED) is 0.663. The molecule has 0 saturated carbocycles. The van der Waals surface area contributed by atoms with Gasteiger partial charge in [-0.1, -0.05) is 17.3 Å². The Balaban J connectivity index is 1.30. The average molecular weight is 394 g/mol. The van der Waals surface area contributed by atoms with Crippen LogP contribution in [0.5, 0.6) is 17.2 Å². The highest BCUT2D eigenvalue weighted by atomic mass is 16.6. The molecule has 1 aliphatic heterocycles. The van der Waals surface area contributed by atoms with Gasteiger partial charge in [-0.05, 0) is 42.3 Å². The zero-order valence-electron chi connectivity index (χ0n) is 16.1. The predicted octanol–water partition coefficient (Wildman–Crippen LogP) is 3.02. The average Bonchev–Trinajstić information content (AvgIpc) is 3.22. The third-order valence-corrected chi connectivity index (χ3v) is 4.62. The first kappa shape index (κ1) is 18.9. The first-order valence-electron chi connectivity index (χ1n) is 9.46. The zero-order valence-corrected chi connectivity index (χ0v) is 16.1. The van der Waals surface area contributed by atoms with E-state index >= 15 is 0 Å². The largest absolute Gasteiger partial charge is 0.497 e. The van der Waals surface area contributed by atoms with Gasteiger partial charge in [0.25, 0.3) is 0 Å². The number of fused-ring (bicyclic) bond motifs is 1. The van der Waals surface area contributed by atoms with Crippen LogP contribution >= 0.6 is 0 Å². The number of ether oxygens (including phenoxy) is 3. The molecule has 0 saturated heterocycles. The molecular weight excluding hydrogens is 372 g/mol. The molecule has 1 aromatic heterocycles. The summed E-state index contributed by atoms with van der Waals surface area (Å²) in [5.74, 6) is 2.71. The maximum absolute atomic E-state index is 12.2. The first-order valence-corrected chi connectivity index (χ1v) is 9.46. The van der Waals surface area contributed by atoms with Gasteiger partial charge in [0.05, 0.1) is 19.2 Å². The Labute approximate surface area is 168 Å². The van der Waals surface area contributed by atoms with Crippen molar-refractivity contribution >= 4 is 5.91 Å². The van der Waals surface area contributed by atoms with E-state index < -0.39 is 0 Å². The van der Waals surface area contributed by atoms with Crippen molar-refractivity contribution in [2.75, 3.05) is 26.9 Å². The molecule has 0 fully saturated rings. The maximum Gasteiger partial charge on any atom is 0.226 e. The standard InChI is InChI=1S/C22H22N2O5/c1-26-18-5-2-15(3-6-18)8-9-23-22(25)14-17-13-20(29-24-17)16-4-7-19-21(12-16)28-11-10-27-19/h2-7,12-13H,8-11,14H2,1H3,(H,23,25). The number of aromatic nitrogens is 1. The number of carbonyl (C=O) groups is 1. The molecule has 0 spiro atoms. The molecule has 1 aliphatic rings. The lowest BCUT2D eigenvalue weighted by atomic mass is 10.1. The van der Waals surface area contributed by atoms with E-state index in [1.807, 2.05) is 42.5 Å². The van der Waals surface area contributed by atoms with E-state index in [-0.39, 0.29) is 12.3 Å². The summed E-state index contributed by atoms with van der Waals surface area (Å²) >= 11 is 0. The van der Waals surface area contributed by atoms with Crippen LogP contribution in [0.15, 0.2) is 53.1 Å². The third kappa shape index (κ3) is 4.68. The Kier molecular flexibility index (Phi) is 5.65. The van der Waals surface area contributed by atoms with E-state index in [9.17, 15) is 4.79 Å². The van der Waals surface area contributed by atoms with Crippen molar-refractivity contribution in [3.8, 4) is 28.6 Å². The molecule has 7 nitrogen and oxygen atoms in total. The van der Waals surface area contributed by atoms with Crippen molar-refractivity contribution in [1.82, 2.24) is 10.5 Å². The molecule has 0 bridgehead atoms. The van der Waals surface area contributed by atoms with Gasteiger partial charge in [-0.2, -0.15) is 0 Å². The van der Waals surface area contributed by atoms with Crippen LogP contribution in [0, 0.1) is 0 Å². The van der Waals surface area contributed by atoms with Crippen LogP contribution in [0.4, 0.5) is 0 Å². The molecule has 7 heteroatoms. The SMILES string of the molecule is COc1ccc(CCNC(=O)Cc2cc(-c3ccc4c(c3)OCCO4)on2)cc1. The fraction of sp³-hybridized carbons (Fsp3) is 0.273. The van der Waals surface area contributed by atoms with E-state index in [1.165, 1.54) is 0 Å². The normalized spacial score (nSPS) is 12.4. The van der Waals surface area contributed by atoms with Gasteiger partial charge in [0, 0.05) is 18.2 Å². The number of hydrogen-bond acceptors (Lipinski definition) is 6. The van der Waals surface area contributed by atoms with Crippen LogP contribution in [0.1, 0.15) is 11.3 Å². The molecule has 2 aromatic carbocycles. The minimum Gasteiger partial charge on any atom is -0.497 e. The third-order valence-electron chi connectivity index (χ3n) is 4.62. The molecule has 2 heterocycles. The van der Waals surface area contributed by atoms with Gasteiger partial charge in [0.1, 0.15) is 19.0 Å². The van der Waals surface area contributed by atoms with Gasteiger partial charge in [0.15, 0.2) is 17.3 Å². The second kappa shape index (κ2) is 8.68. The van der Waals surface area contributed by atoms with Gasteiger partial charge in [-0.15, -0.1) is 0 Å². The number of amides is 1. The van der Waals surface area contributed by atoms with Crippen LogP contribution in [0.25, 0.3) is 11.3 Å². The van der Waals surface area contributed by atoms with Crippen LogP contribution in [-0.2, 0) is 17.6 Å². The van der Waals surface area contributed by atoms with Gasteiger partial charge in [0.2, 0.25) is 5.91 Å². The first-order chi connectivity index (χ1) is 14.2.